The third-order valence-electron chi connectivity index (χ3n) is 6.43. The highest BCUT2D eigenvalue weighted by molar-refractivity contribution is 5.82. The van der Waals surface area contributed by atoms with E-state index in [1.165, 1.54) is 31.5 Å². The minimum atomic E-state index is 0.352. The molecule has 4 heterocycles. The number of hydrogen-bond acceptors (Lipinski definition) is 2. The van der Waals surface area contributed by atoms with Gasteiger partial charge in [0.1, 0.15) is 0 Å². The summed E-state index contributed by atoms with van der Waals surface area (Å²) in [5.74, 6) is 2.07. The smallest absolute Gasteiger partial charge is 0.226 e. The lowest BCUT2D eigenvalue weighted by Crippen LogP contribution is -2.60. The fourth-order valence-electron chi connectivity index (χ4n) is 5.23. The van der Waals surface area contributed by atoms with Gasteiger partial charge >= 0.3 is 0 Å². The molecule has 2 bridgehead atoms. The Labute approximate surface area is 132 Å². The molecule has 22 heavy (non-hydrogen) atoms. The van der Waals surface area contributed by atoms with Crippen molar-refractivity contribution < 1.29 is 4.79 Å². The predicted octanol–water partition coefficient (Wildman–Crippen LogP) is 2.49. The zero-order valence-electron chi connectivity index (χ0n) is 13.0. The molecule has 3 nitrogen and oxygen atoms in total. The van der Waals surface area contributed by atoms with Gasteiger partial charge in [-0.2, -0.15) is 0 Å². The molecule has 4 aliphatic heterocycles. The van der Waals surface area contributed by atoms with E-state index in [0.717, 1.165) is 25.3 Å². The molecule has 1 amide bonds. The Morgan fingerprint density at radius 2 is 1.68 bits per heavy atom. The van der Waals surface area contributed by atoms with Gasteiger partial charge in [0, 0.05) is 24.4 Å². The normalized spacial score (nSPS) is 39.8. The van der Waals surface area contributed by atoms with E-state index < -0.39 is 0 Å². The van der Waals surface area contributed by atoms with Crippen molar-refractivity contribution >= 4 is 5.91 Å². The molecule has 5 aliphatic rings. The Bertz CT molecular complexity index is 574. The molecule has 3 atom stereocenters. The SMILES string of the molecule is O=C(C1CC1)N1C[C@H](c2ccccc2)[C@H]2[C@@H]1C1CCN2CC1. The van der Waals surface area contributed by atoms with Crippen molar-refractivity contribution in [2.45, 2.75) is 43.7 Å². The van der Waals surface area contributed by atoms with E-state index in [9.17, 15) is 4.79 Å². The number of carbonyl (C=O) groups excluding carboxylic acids is 1. The number of benzene rings is 1. The summed E-state index contributed by atoms with van der Waals surface area (Å²) in [6.07, 6.45) is 4.82. The molecule has 0 spiro atoms. The highest BCUT2D eigenvalue weighted by Crippen LogP contribution is 2.48. The van der Waals surface area contributed by atoms with Crippen LogP contribution in [0.15, 0.2) is 30.3 Å². The first kappa shape index (κ1) is 13.1. The monoisotopic (exact) mass is 296 g/mol. The summed E-state index contributed by atoms with van der Waals surface area (Å²) < 4.78 is 0. The van der Waals surface area contributed by atoms with Crippen LogP contribution in [0.3, 0.4) is 0 Å². The standard InChI is InChI=1S/C19H24N2O/c22-19(15-6-7-15)21-12-16(13-4-2-1-3-5-13)18-17(21)14-8-10-20(18)11-9-14/h1-5,14-18H,6-12H2/t16-,17+,18+/m1/s1. The summed E-state index contributed by atoms with van der Waals surface area (Å²) >= 11 is 0. The summed E-state index contributed by atoms with van der Waals surface area (Å²) in [5.41, 5.74) is 1.43. The first-order valence-electron chi connectivity index (χ1n) is 8.92. The van der Waals surface area contributed by atoms with Crippen molar-refractivity contribution in [1.29, 1.82) is 0 Å². The molecule has 3 heteroatoms. The molecule has 0 radical (unpaired) electrons. The van der Waals surface area contributed by atoms with Crippen molar-refractivity contribution in [3.05, 3.63) is 35.9 Å². The molecular formula is C19H24N2O. The lowest BCUT2D eigenvalue weighted by molar-refractivity contribution is -0.137. The first-order valence-corrected chi connectivity index (χ1v) is 8.92. The van der Waals surface area contributed by atoms with E-state index in [1.807, 2.05) is 0 Å². The van der Waals surface area contributed by atoms with Gasteiger partial charge < -0.3 is 4.90 Å². The van der Waals surface area contributed by atoms with Crippen LogP contribution in [0.25, 0.3) is 0 Å². The molecule has 1 aromatic rings. The van der Waals surface area contributed by atoms with Gasteiger partial charge in [-0.3, -0.25) is 9.69 Å². The Kier molecular flexibility index (Phi) is 2.88. The fraction of sp³-hybridized carbons (Fsp3) is 0.632. The number of carbonyl (C=O) groups is 1. The summed E-state index contributed by atoms with van der Waals surface area (Å²) in [6.45, 7) is 3.42. The number of piperidine rings is 3. The van der Waals surface area contributed by atoms with Gasteiger partial charge in [-0.15, -0.1) is 0 Å². The molecule has 0 unspecified atom stereocenters. The molecule has 1 aromatic carbocycles. The maximum Gasteiger partial charge on any atom is 0.226 e. The Morgan fingerprint density at radius 1 is 0.955 bits per heavy atom. The van der Waals surface area contributed by atoms with E-state index in [4.69, 9.17) is 0 Å². The van der Waals surface area contributed by atoms with E-state index in [1.54, 1.807) is 0 Å². The lowest BCUT2D eigenvalue weighted by Gasteiger charge is -2.51. The topological polar surface area (TPSA) is 23.6 Å². The predicted molar refractivity (Wildman–Crippen MR) is 85.5 cm³/mol. The van der Waals surface area contributed by atoms with Gasteiger partial charge in [-0.25, -0.2) is 0 Å². The summed E-state index contributed by atoms with van der Waals surface area (Å²) in [5, 5.41) is 0. The van der Waals surface area contributed by atoms with Gasteiger partial charge in [0.15, 0.2) is 0 Å². The van der Waals surface area contributed by atoms with Crippen molar-refractivity contribution in [3.63, 3.8) is 0 Å². The van der Waals surface area contributed by atoms with E-state index in [-0.39, 0.29) is 0 Å². The van der Waals surface area contributed by atoms with Crippen molar-refractivity contribution in [1.82, 2.24) is 9.80 Å². The van der Waals surface area contributed by atoms with Crippen LogP contribution in [0, 0.1) is 11.8 Å². The number of rotatable bonds is 2. The number of amides is 1. The molecule has 4 saturated heterocycles. The van der Waals surface area contributed by atoms with Crippen LogP contribution >= 0.6 is 0 Å². The summed E-state index contributed by atoms with van der Waals surface area (Å²) in [7, 11) is 0. The molecular weight excluding hydrogens is 272 g/mol. The van der Waals surface area contributed by atoms with Crippen molar-refractivity contribution in [2.75, 3.05) is 19.6 Å². The number of fused-ring (bicyclic) bond motifs is 2. The zero-order chi connectivity index (χ0) is 14.7. The first-order chi connectivity index (χ1) is 10.8. The maximum atomic E-state index is 12.8. The highest BCUT2D eigenvalue weighted by Gasteiger charge is 2.55. The van der Waals surface area contributed by atoms with Crippen molar-refractivity contribution in [3.8, 4) is 0 Å². The zero-order valence-corrected chi connectivity index (χ0v) is 13.0. The Hall–Kier alpha value is -1.35. The van der Waals surface area contributed by atoms with Crippen LogP contribution in [0.5, 0.6) is 0 Å². The minimum absolute atomic E-state index is 0.352. The number of nitrogens with zero attached hydrogens (tertiary/aromatic N) is 2. The second kappa shape index (κ2) is 4.82. The van der Waals surface area contributed by atoms with Gasteiger partial charge in [0.05, 0.1) is 6.04 Å². The molecule has 1 aliphatic carbocycles. The van der Waals surface area contributed by atoms with Gasteiger partial charge in [-0.05, 0) is 50.3 Å². The largest absolute Gasteiger partial charge is 0.337 e. The van der Waals surface area contributed by atoms with Gasteiger partial charge in [0.2, 0.25) is 5.91 Å². The van der Waals surface area contributed by atoms with Crippen LogP contribution < -0.4 is 0 Å². The Morgan fingerprint density at radius 3 is 2.36 bits per heavy atom. The molecule has 5 fully saturated rings. The van der Waals surface area contributed by atoms with E-state index >= 15 is 0 Å². The van der Waals surface area contributed by atoms with Crippen LogP contribution in [-0.2, 0) is 4.79 Å². The second-order valence-corrected chi connectivity index (χ2v) is 7.64. The van der Waals surface area contributed by atoms with Gasteiger partial charge in [-0.1, -0.05) is 30.3 Å². The lowest BCUT2D eigenvalue weighted by atomic mass is 9.75. The fourth-order valence-corrected chi connectivity index (χ4v) is 5.23. The van der Waals surface area contributed by atoms with Crippen LogP contribution in [0.1, 0.15) is 37.2 Å². The second-order valence-electron chi connectivity index (χ2n) is 7.64. The number of likely N-dealkylation sites (tertiary alicyclic amines) is 1. The minimum Gasteiger partial charge on any atom is -0.337 e. The quantitative estimate of drug-likeness (QED) is 0.837. The van der Waals surface area contributed by atoms with E-state index in [2.05, 4.69) is 40.1 Å². The third kappa shape index (κ3) is 1.88. The van der Waals surface area contributed by atoms with Gasteiger partial charge in [0.25, 0.3) is 0 Å². The third-order valence-corrected chi connectivity index (χ3v) is 6.43. The molecule has 1 saturated carbocycles. The highest BCUT2D eigenvalue weighted by atomic mass is 16.2. The average Bonchev–Trinajstić information content (AvgIpc) is 3.35. The molecule has 6 rings (SSSR count). The average molecular weight is 296 g/mol. The molecule has 116 valence electrons. The molecule has 0 N–H and O–H groups in total. The maximum absolute atomic E-state index is 12.8. The van der Waals surface area contributed by atoms with Crippen LogP contribution in [-0.4, -0.2) is 47.4 Å². The van der Waals surface area contributed by atoms with Crippen LogP contribution in [0.4, 0.5) is 0 Å². The molecule has 0 aromatic heterocycles. The summed E-state index contributed by atoms with van der Waals surface area (Å²) in [4.78, 5) is 17.8. The van der Waals surface area contributed by atoms with Crippen LogP contribution in [0.2, 0.25) is 0 Å². The summed E-state index contributed by atoms with van der Waals surface area (Å²) in [6, 6.07) is 12.0. The van der Waals surface area contributed by atoms with Crippen molar-refractivity contribution in [2.24, 2.45) is 11.8 Å². The Balaban J connectivity index is 1.52. The van der Waals surface area contributed by atoms with E-state index in [0.29, 0.717) is 29.8 Å². The number of hydrogen-bond donors (Lipinski definition) is 0.